The van der Waals surface area contributed by atoms with Gasteiger partial charge < -0.3 is 4.90 Å². The highest BCUT2D eigenvalue weighted by Crippen LogP contribution is 2.28. The van der Waals surface area contributed by atoms with Gasteiger partial charge in [0, 0.05) is 24.1 Å². The molecule has 1 aliphatic carbocycles. The van der Waals surface area contributed by atoms with Crippen molar-refractivity contribution in [1.29, 1.82) is 0 Å². The Morgan fingerprint density at radius 2 is 2.29 bits per heavy atom. The van der Waals surface area contributed by atoms with Crippen molar-refractivity contribution >= 4 is 21.7 Å². The van der Waals surface area contributed by atoms with E-state index in [9.17, 15) is 0 Å². The molecule has 0 saturated heterocycles. The Kier molecular flexibility index (Phi) is 3.40. The molecule has 3 heteroatoms. The molecule has 1 aromatic heterocycles. The fourth-order valence-electron chi connectivity index (χ4n) is 1.80. The van der Waals surface area contributed by atoms with Crippen molar-refractivity contribution in [3.63, 3.8) is 0 Å². The molecule has 0 amide bonds. The van der Waals surface area contributed by atoms with E-state index in [-0.39, 0.29) is 0 Å². The quantitative estimate of drug-likeness (QED) is 0.769. The molecule has 1 fully saturated rings. The van der Waals surface area contributed by atoms with Gasteiger partial charge >= 0.3 is 0 Å². The summed E-state index contributed by atoms with van der Waals surface area (Å²) in [4.78, 5) is 6.82. The smallest absolute Gasteiger partial charge is 0.128 e. The Morgan fingerprint density at radius 3 is 2.79 bits per heavy atom. The third kappa shape index (κ3) is 2.08. The molecule has 0 atom stereocenters. The van der Waals surface area contributed by atoms with Crippen LogP contribution in [-0.4, -0.2) is 22.9 Å². The van der Waals surface area contributed by atoms with E-state index in [0.717, 1.165) is 23.7 Å². The number of rotatable bonds is 4. The third-order valence-electron chi connectivity index (χ3n) is 2.78. The van der Waals surface area contributed by atoms with Gasteiger partial charge in [0.1, 0.15) is 5.82 Å². The van der Waals surface area contributed by atoms with Crippen molar-refractivity contribution in [1.82, 2.24) is 4.98 Å². The van der Waals surface area contributed by atoms with Crippen LogP contribution in [0.4, 0.5) is 5.82 Å². The number of nitrogens with zero attached hydrogens (tertiary/aromatic N) is 2. The lowest BCUT2D eigenvalue weighted by molar-refractivity contribution is 0.389. The summed E-state index contributed by atoms with van der Waals surface area (Å²) in [7, 11) is 0. The van der Waals surface area contributed by atoms with Crippen molar-refractivity contribution in [2.45, 2.75) is 25.3 Å². The molecule has 76 valence electrons. The van der Waals surface area contributed by atoms with Crippen LogP contribution in [0, 0.1) is 0 Å². The second-order valence-electron chi connectivity index (χ2n) is 3.66. The summed E-state index contributed by atoms with van der Waals surface area (Å²) in [5.74, 6) is 1.12. The Morgan fingerprint density at radius 1 is 1.43 bits per heavy atom. The first-order chi connectivity index (χ1) is 6.92. The standard InChI is InChI=1S/C11H15BrN2/c12-7-9-14(10-4-3-5-10)11-6-1-2-8-13-11/h1-2,6,8,10H,3-5,7,9H2. The van der Waals surface area contributed by atoms with E-state index in [1.54, 1.807) is 0 Å². The molecule has 0 N–H and O–H groups in total. The normalized spacial score (nSPS) is 16.4. The molecule has 2 rings (SSSR count). The van der Waals surface area contributed by atoms with E-state index in [1.165, 1.54) is 19.3 Å². The average molecular weight is 255 g/mol. The lowest BCUT2D eigenvalue weighted by Gasteiger charge is -2.38. The highest BCUT2D eigenvalue weighted by Gasteiger charge is 2.25. The number of alkyl halides is 1. The van der Waals surface area contributed by atoms with Crippen LogP contribution in [0.3, 0.4) is 0 Å². The SMILES string of the molecule is BrCCN(c1ccccn1)C1CCC1. The minimum atomic E-state index is 0.724. The van der Waals surface area contributed by atoms with Gasteiger partial charge in [-0.15, -0.1) is 0 Å². The summed E-state index contributed by atoms with van der Waals surface area (Å²) >= 11 is 3.50. The Labute approximate surface area is 93.5 Å². The van der Waals surface area contributed by atoms with Gasteiger partial charge in [-0.25, -0.2) is 4.98 Å². The predicted octanol–water partition coefficient (Wildman–Crippen LogP) is 2.84. The first-order valence-corrected chi connectivity index (χ1v) is 6.27. The zero-order valence-electron chi connectivity index (χ0n) is 8.19. The highest BCUT2D eigenvalue weighted by atomic mass is 79.9. The summed E-state index contributed by atoms with van der Waals surface area (Å²) in [6.07, 6.45) is 5.89. The second kappa shape index (κ2) is 4.78. The van der Waals surface area contributed by atoms with Crippen LogP contribution in [0.1, 0.15) is 19.3 Å². The maximum atomic E-state index is 4.41. The third-order valence-corrected chi connectivity index (χ3v) is 3.14. The molecule has 0 radical (unpaired) electrons. The molecule has 1 saturated carbocycles. The zero-order chi connectivity index (χ0) is 9.80. The highest BCUT2D eigenvalue weighted by molar-refractivity contribution is 9.09. The largest absolute Gasteiger partial charge is 0.353 e. The lowest BCUT2D eigenvalue weighted by Crippen LogP contribution is -2.41. The maximum Gasteiger partial charge on any atom is 0.128 e. The average Bonchev–Trinajstić information content (AvgIpc) is 2.16. The number of hydrogen-bond acceptors (Lipinski definition) is 2. The second-order valence-corrected chi connectivity index (χ2v) is 4.45. The molecule has 14 heavy (non-hydrogen) atoms. The molecule has 2 nitrogen and oxygen atoms in total. The molecule has 1 aliphatic rings. The monoisotopic (exact) mass is 254 g/mol. The Bertz CT molecular complexity index is 272. The van der Waals surface area contributed by atoms with Crippen LogP contribution in [0.15, 0.2) is 24.4 Å². The van der Waals surface area contributed by atoms with Crippen LogP contribution < -0.4 is 4.90 Å². The van der Waals surface area contributed by atoms with Crippen molar-refractivity contribution in [3.8, 4) is 0 Å². The van der Waals surface area contributed by atoms with E-state index in [0.29, 0.717) is 0 Å². The molecule has 0 spiro atoms. The van der Waals surface area contributed by atoms with Gasteiger partial charge in [-0.05, 0) is 31.4 Å². The van der Waals surface area contributed by atoms with Gasteiger partial charge in [-0.3, -0.25) is 0 Å². The van der Waals surface area contributed by atoms with Crippen LogP contribution in [-0.2, 0) is 0 Å². The Balaban J connectivity index is 2.09. The van der Waals surface area contributed by atoms with E-state index < -0.39 is 0 Å². The number of anilines is 1. The molecular weight excluding hydrogens is 240 g/mol. The molecule has 0 unspecified atom stereocenters. The number of hydrogen-bond donors (Lipinski definition) is 0. The topological polar surface area (TPSA) is 16.1 Å². The molecule has 0 aromatic carbocycles. The van der Waals surface area contributed by atoms with Gasteiger partial charge in [0.25, 0.3) is 0 Å². The van der Waals surface area contributed by atoms with Crippen LogP contribution in [0.5, 0.6) is 0 Å². The van der Waals surface area contributed by atoms with Gasteiger partial charge in [0.2, 0.25) is 0 Å². The summed E-state index contributed by atoms with van der Waals surface area (Å²) in [5.41, 5.74) is 0. The van der Waals surface area contributed by atoms with Crippen LogP contribution >= 0.6 is 15.9 Å². The number of halogens is 1. The Hall–Kier alpha value is -0.570. The van der Waals surface area contributed by atoms with Gasteiger partial charge in [0.15, 0.2) is 0 Å². The van der Waals surface area contributed by atoms with Gasteiger partial charge in [-0.1, -0.05) is 22.0 Å². The molecule has 0 bridgehead atoms. The van der Waals surface area contributed by atoms with E-state index in [4.69, 9.17) is 0 Å². The van der Waals surface area contributed by atoms with Gasteiger partial charge in [-0.2, -0.15) is 0 Å². The summed E-state index contributed by atoms with van der Waals surface area (Å²) in [6.45, 7) is 1.06. The number of aromatic nitrogens is 1. The van der Waals surface area contributed by atoms with E-state index >= 15 is 0 Å². The molecule has 1 heterocycles. The minimum Gasteiger partial charge on any atom is -0.353 e. The van der Waals surface area contributed by atoms with E-state index in [2.05, 4.69) is 37.9 Å². The van der Waals surface area contributed by atoms with Crippen molar-refractivity contribution in [2.24, 2.45) is 0 Å². The van der Waals surface area contributed by atoms with Gasteiger partial charge in [0.05, 0.1) is 0 Å². The van der Waals surface area contributed by atoms with Crippen LogP contribution in [0.2, 0.25) is 0 Å². The first-order valence-electron chi connectivity index (χ1n) is 5.15. The predicted molar refractivity (Wildman–Crippen MR) is 63.0 cm³/mol. The lowest BCUT2D eigenvalue weighted by atomic mass is 9.91. The van der Waals surface area contributed by atoms with Crippen LogP contribution in [0.25, 0.3) is 0 Å². The summed E-state index contributed by atoms with van der Waals surface area (Å²) in [6, 6.07) is 6.85. The fraction of sp³-hybridized carbons (Fsp3) is 0.545. The molecule has 1 aromatic rings. The fourth-order valence-corrected chi connectivity index (χ4v) is 2.18. The van der Waals surface area contributed by atoms with E-state index in [1.807, 2.05) is 12.3 Å². The number of pyridine rings is 1. The van der Waals surface area contributed by atoms with Crippen molar-refractivity contribution < 1.29 is 0 Å². The first kappa shape index (κ1) is 9.97. The van der Waals surface area contributed by atoms with Crippen molar-refractivity contribution in [3.05, 3.63) is 24.4 Å². The minimum absolute atomic E-state index is 0.724. The maximum absolute atomic E-state index is 4.41. The zero-order valence-corrected chi connectivity index (χ0v) is 9.78. The molecule has 0 aliphatic heterocycles. The molecular formula is C11H15BrN2. The summed E-state index contributed by atoms with van der Waals surface area (Å²) < 4.78 is 0. The summed E-state index contributed by atoms with van der Waals surface area (Å²) in [5, 5.41) is 1.01. The van der Waals surface area contributed by atoms with Crippen molar-refractivity contribution in [2.75, 3.05) is 16.8 Å².